The van der Waals surface area contributed by atoms with Crippen LogP contribution in [0.5, 0.6) is 0 Å². The molecular formula is C18H28N2O3. The minimum atomic E-state index is -1.05. The SMILES string of the molecule is CCCCCC(C)(CN(Cc1ccccc1)C(C)=O)NC(=O)O. The number of nitrogens with one attached hydrogen (secondary N) is 1. The van der Waals surface area contributed by atoms with Crippen molar-refractivity contribution >= 4 is 12.0 Å². The summed E-state index contributed by atoms with van der Waals surface area (Å²) in [4.78, 5) is 24.8. The van der Waals surface area contributed by atoms with E-state index in [1.807, 2.05) is 37.3 Å². The van der Waals surface area contributed by atoms with E-state index in [1.54, 1.807) is 4.90 Å². The van der Waals surface area contributed by atoms with E-state index in [4.69, 9.17) is 5.11 Å². The lowest BCUT2D eigenvalue weighted by molar-refractivity contribution is -0.130. The third kappa shape index (κ3) is 7.17. The average Bonchev–Trinajstić information content (AvgIpc) is 2.47. The number of amides is 2. The molecule has 2 N–H and O–H groups in total. The first-order valence-corrected chi connectivity index (χ1v) is 8.17. The maximum Gasteiger partial charge on any atom is 0.405 e. The first-order valence-electron chi connectivity index (χ1n) is 8.17. The van der Waals surface area contributed by atoms with E-state index in [0.29, 0.717) is 19.5 Å². The van der Waals surface area contributed by atoms with E-state index in [2.05, 4.69) is 12.2 Å². The lowest BCUT2D eigenvalue weighted by Crippen LogP contribution is -2.54. The van der Waals surface area contributed by atoms with Crippen molar-refractivity contribution in [1.82, 2.24) is 10.2 Å². The minimum absolute atomic E-state index is 0.0530. The van der Waals surface area contributed by atoms with Crippen molar-refractivity contribution in [1.29, 1.82) is 0 Å². The van der Waals surface area contributed by atoms with E-state index in [1.165, 1.54) is 6.92 Å². The van der Waals surface area contributed by atoms with Crippen molar-refractivity contribution in [2.75, 3.05) is 6.54 Å². The van der Waals surface area contributed by atoms with Gasteiger partial charge in [-0.2, -0.15) is 0 Å². The first kappa shape index (κ1) is 19.0. The van der Waals surface area contributed by atoms with Gasteiger partial charge in [-0.3, -0.25) is 4.79 Å². The number of benzene rings is 1. The topological polar surface area (TPSA) is 69.6 Å². The summed E-state index contributed by atoms with van der Waals surface area (Å²) in [6, 6.07) is 9.74. The van der Waals surface area contributed by atoms with Gasteiger partial charge in [0.15, 0.2) is 0 Å². The van der Waals surface area contributed by atoms with Gasteiger partial charge >= 0.3 is 6.09 Å². The molecule has 0 aliphatic rings. The molecule has 0 bridgehead atoms. The van der Waals surface area contributed by atoms with Crippen molar-refractivity contribution in [2.45, 2.75) is 58.5 Å². The van der Waals surface area contributed by atoms with E-state index in [9.17, 15) is 9.59 Å². The van der Waals surface area contributed by atoms with Crippen LogP contribution in [0.3, 0.4) is 0 Å². The van der Waals surface area contributed by atoms with Gasteiger partial charge in [0, 0.05) is 20.0 Å². The molecule has 2 amide bonds. The highest BCUT2D eigenvalue weighted by Crippen LogP contribution is 2.18. The Hall–Kier alpha value is -2.04. The van der Waals surface area contributed by atoms with Gasteiger partial charge in [0.1, 0.15) is 0 Å². The van der Waals surface area contributed by atoms with Crippen LogP contribution in [0.1, 0.15) is 52.0 Å². The molecule has 0 heterocycles. The number of nitrogens with zero attached hydrogens (tertiary/aromatic N) is 1. The highest BCUT2D eigenvalue weighted by molar-refractivity contribution is 5.73. The summed E-state index contributed by atoms with van der Waals surface area (Å²) in [5.41, 5.74) is 0.399. The highest BCUT2D eigenvalue weighted by atomic mass is 16.4. The van der Waals surface area contributed by atoms with Crippen molar-refractivity contribution in [2.24, 2.45) is 0 Å². The fraction of sp³-hybridized carbons (Fsp3) is 0.556. The fourth-order valence-corrected chi connectivity index (χ4v) is 2.71. The zero-order valence-electron chi connectivity index (χ0n) is 14.3. The molecule has 1 atom stereocenters. The molecule has 1 rings (SSSR count). The van der Waals surface area contributed by atoms with Crippen LogP contribution in [0.25, 0.3) is 0 Å². The summed E-state index contributed by atoms with van der Waals surface area (Å²) < 4.78 is 0. The summed E-state index contributed by atoms with van der Waals surface area (Å²) in [6.07, 6.45) is 2.72. The average molecular weight is 320 g/mol. The van der Waals surface area contributed by atoms with Gasteiger partial charge in [-0.1, -0.05) is 56.5 Å². The molecule has 1 aromatic carbocycles. The molecule has 0 aromatic heterocycles. The Bertz CT molecular complexity index is 504. The normalized spacial score (nSPS) is 13.2. The number of hydrogen-bond acceptors (Lipinski definition) is 2. The Kier molecular flexibility index (Phi) is 7.59. The van der Waals surface area contributed by atoms with Crippen LogP contribution in [-0.2, 0) is 11.3 Å². The van der Waals surface area contributed by atoms with E-state index in [-0.39, 0.29) is 5.91 Å². The van der Waals surface area contributed by atoms with Gasteiger partial charge in [0.25, 0.3) is 0 Å². The summed E-state index contributed by atoms with van der Waals surface area (Å²) in [6.45, 7) is 6.36. The van der Waals surface area contributed by atoms with Gasteiger partial charge in [0.05, 0.1) is 5.54 Å². The second-order valence-corrected chi connectivity index (χ2v) is 6.31. The summed E-state index contributed by atoms with van der Waals surface area (Å²) in [5.74, 6) is -0.0530. The molecular weight excluding hydrogens is 292 g/mol. The number of carbonyl (C=O) groups is 2. The Labute approximate surface area is 138 Å². The van der Waals surface area contributed by atoms with E-state index in [0.717, 1.165) is 24.8 Å². The first-order chi connectivity index (χ1) is 10.9. The molecule has 0 saturated carbocycles. The van der Waals surface area contributed by atoms with Gasteiger partial charge in [-0.25, -0.2) is 4.79 Å². The Morgan fingerprint density at radius 2 is 1.87 bits per heavy atom. The number of carboxylic acid groups (broad SMARTS) is 1. The third-order valence-electron chi connectivity index (χ3n) is 3.94. The number of unbranched alkanes of at least 4 members (excludes halogenated alkanes) is 2. The maximum atomic E-state index is 12.0. The molecule has 0 radical (unpaired) electrons. The van der Waals surface area contributed by atoms with E-state index >= 15 is 0 Å². The van der Waals surface area contributed by atoms with Crippen molar-refractivity contribution < 1.29 is 14.7 Å². The molecule has 0 saturated heterocycles. The predicted octanol–water partition coefficient (Wildman–Crippen LogP) is 3.64. The quantitative estimate of drug-likeness (QED) is 0.682. The zero-order chi connectivity index (χ0) is 17.3. The molecule has 128 valence electrons. The third-order valence-corrected chi connectivity index (χ3v) is 3.94. The van der Waals surface area contributed by atoms with Crippen LogP contribution in [-0.4, -0.2) is 34.1 Å². The van der Waals surface area contributed by atoms with Crippen molar-refractivity contribution in [3.63, 3.8) is 0 Å². The number of hydrogen-bond donors (Lipinski definition) is 2. The minimum Gasteiger partial charge on any atom is -0.465 e. The molecule has 1 unspecified atom stereocenters. The standard InChI is InChI=1S/C18H28N2O3/c1-4-5-9-12-18(3,19-17(22)23)14-20(15(2)21)13-16-10-7-6-8-11-16/h6-8,10-11,19H,4-5,9,12-14H2,1-3H3,(H,22,23). The second-order valence-electron chi connectivity index (χ2n) is 6.31. The molecule has 0 spiro atoms. The maximum absolute atomic E-state index is 12.0. The lowest BCUT2D eigenvalue weighted by atomic mass is 9.93. The summed E-state index contributed by atoms with van der Waals surface area (Å²) in [5, 5.41) is 11.7. The molecule has 0 aliphatic heterocycles. The van der Waals surface area contributed by atoms with Crippen LogP contribution in [0.2, 0.25) is 0 Å². The van der Waals surface area contributed by atoms with Crippen LogP contribution in [0, 0.1) is 0 Å². The van der Waals surface area contributed by atoms with Crippen molar-refractivity contribution in [3.05, 3.63) is 35.9 Å². The molecule has 1 aromatic rings. The smallest absolute Gasteiger partial charge is 0.405 e. The summed E-state index contributed by atoms with van der Waals surface area (Å²) in [7, 11) is 0. The number of carbonyl (C=O) groups excluding carboxylic acids is 1. The zero-order valence-corrected chi connectivity index (χ0v) is 14.3. The van der Waals surface area contributed by atoms with Crippen molar-refractivity contribution in [3.8, 4) is 0 Å². The molecule has 0 fully saturated rings. The predicted molar refractivity (Wildman–Crippen MR) is 91.2 cm³/mol. The lowest BCUT2D eigenvalue weighted by Gasteiger charge is -2.35. The number of rotatable bonds is 9. The Balaban J connectivity index is 2.82. The van der Waals surface area contributed by atoms with Crippen LogP contribution in [0.15, 0.2) is 30.3 Å². The van der Waals surface area contributed by atoms with Gasteiger partial charge in [0.2, 0.25) is 5.91 Å². The molecule has 5 heteroatoms. The fourth-order valence-electron chi connectivity index (χ4n) is 2.71. The second kappa shape index (κ2) is 9.18. The largest absolute Gasteiger partial charge is 0.465 e. The Morgan fingerprint density at radius 3 is 2.39 bits per heavy atom. The molecule has 23 heavy (non-hydrogen) atoms. The van der Waals surface area contributed by atoms with Crippen LogP contribution in [0.4, 0.5) is 4.79 Å². The highest BCUT2D eigenvalue weighted by Gasteiger charge is 2.29. The molecule has 5 nitrogen and oxygen atoms in total. The van der Waals surface area contributed by atoms with E-state index < -0.39 is 11.6 Å². The van der Waals surface area contributed by atoms with Crippen LogP contribution >= 0.6 is 0 Å². The summed E-state index contributed by atoms with van der Waals surface area (Å²) >= 11 is 0. The van der Waals surface area contributed by atoms with Crippen LogP contribution < -0.4 is 5.32 Å². The van der Waals surface area contributed by atoms with Gasteiger partial charge < -0.3 is 15.3 Å². The van der Waals surface area contributed by atoms with Gasteiger partial charge in [-0.15, -0.1) is 0 Å². The van der Waals surface area contributed by atoms with Gasteiger partial charge in [-0.05, 0) is 18.9 Å². The monoisotopic (exact) mass is 320 g/mol. The molecule has 0 aliphatic carbocycles. The Morgan fingerprint density at radius 1 is 1.22 bits per heavy atom.